The number of benzene rings is 1. The Balaban J connectivity index is 1.47. The van der Waals surface area contributed by atoms with E-state index in [-0.39, 0.29) is 17.5 Å². The highest BCUT2D eigenvalue weighted by molar-refractivity contribution is 6.04. The summed E-state index contributed by atoms with van der Waals surface area (Å²) in [6, 6.07) is 9.13. The van der Waals surface area contributed by atoms with Gasteiger partial charge in [0.2, 0.25) is 0 Å². The van der Waals surface area contributed by atoms with Crippen molar-refractivity contribution in [3.8, 4) is 11.1 Å². The number of carbonyl (C=O) groups is 2. The third-order valence-corrected chi connectivity index (χ3v) is 6.83. The first-order valence-electron chi connectivity index (χ1n) is 12.2. The Bertz CT molecular complexity index is 1390. The largest absolute Gasteiger partial charge is 0.433 e. The van der Waals surface area contributed by atoms with E-state index in [2.05, 4.69) is 20.2 Å². The van der Waals surface area contributed by atoms with Crippen molar-refractivity contribution in [2.75, 3.05) is 43.1 Å². The van der Waals surface area contributed by atoms with Gasteiger partial charge in [-0.25, -0.2) is 4.98 Å². The number of rotatable bonds is 4. The first kappa shape index (κ1) is 25.7. The molecule has 8 nitrogen and oxygen atoms in total. The maximum absolute atomic E-state index is 13.2. The van der Waals surface area contributed by atoms with Crippen LogP contribution in [0.3, 0.4) is 0 Å². The first-order valence-corrected chi connectivity index (χ1v) is 12.2. The average molecular weight is 526 g/mol. The van der Waals surface area contributed by atoms with E-state index in [1.54, 1.807) is 23.2 Å². The fourth-order valence-corrected chi connectivity index (χ4v) is 4.81. The molecule has 1 atom stereocenters. The lowest BCUT2D eigenvalue weighted by molar-refractivity contribution is -0.141. The number of likely N-dealkylation sites (N-methyl/N-ethyl adjacent to an activating group) is 1. The molecule has 1 unspecified atom stereocenters. The average Bonchev–Trinajstić information content (AvgIpc) is 3.03. The summed E-state index contributed by atoms with van der Waals surface area (Å²) in [6.07, 6.45) is -2.06. The van der Waals surface area contributed by atoms with E-state index in [9.17, 15) is 22.8 Å². The molecule has 1 N–H and O–H groups in total. The second kappa shape index (κ2) is 10.1. The molecule has 1 aromatic carbocycles. The van der Waals surface area contributed by atoms with Gasteiger partial charge in [0.05, 0.1) is 24.9 Å². The summed E-state index contributed by atoms with van der Waals surface area (Å²) < 4.78 is 44.8. The van der Waals surface area contributed by atoms with Crippen LogP contribution in [-0.2, 0) is 10.9 Å². The standard InChI is InChI=1S/C27H26F3N5O3/c1-3-34-14-20-15-38-9-8-35(20)22-10-18(13-32-24(22)26(34)37)21-12-19(5-4-16(21)2)33-25(36)17-6-7-31-23(11-17)27(28,29)30/h4-7,10-13,20H,3,8-9,14-15H2,1-2H3,(H,33,36). The van der Waals surface area contributed by atoms with Gasteiger partial charge in [-0.3, -0.25) is 14.6 Å². The zero-order valence-corrected chi connectivity index (χ0v) is 20.9. The summed E-state index contributed by atoms with van der Waals surface area (Å²) in [5.74, 6) is -0.814. The molecule has 2 aliphatic heterocycles. The number of nitrogens with one attached hydrogen (secondary N) is 1. The summed E-state index contributed by atoms with van der Waals surface area (Å²) >= 11 is 0. The van der Waals surface area contributed by atoms with Crippen LogP contribution in [0.25, 0.3) is 11.1 Å². The van der Waals surface area contributed by atoms with Crippen molar-refractivity contribution in [2.45, 2.75) is 26.1 Å². The second-order valence-electron chi connectivity index (χ2n) is 9.27. The van der Waals surface area contributed by atoms with Crippen LogP contribution in [-0.4, -0.2) is 65.6 Å². The number of hydrogen-bond acceptors (Lipinski definition) is 6. The zero-order valence-electron chi connectivity index (χ0n) is 20.9. The summed E-state index contributed by atoms with van der Waals surface area (Å²) in [5.41, 5.74) is 2.68. The number of aromatic nitrogens is 2. The number of fused-ring (bicyclic) bond motifs is 3. The lowest BCUT2D eigenvalue weighted by Crippen LogP contribution is -2.50. The van der Waals surface area contributed by atoms with Gasteiger partial charge >= 0.3 is 6.18 Å². The van der Waals surface area contributed by atoms with Crippen LogP contribution in [0.1, 0.15) is 39.0 Å². The number of anilines is 2. The fourth-order valence-electron chi connectivity index (χ4n) is 4.81. The van der Waals surface area contributed by atoms with Gasteiger partial charge in [-0.1, -0.05) is 6.07 Å². The van der Waals surface area contributed by atoms with Crippen molar-refractivity contribution < 1.29 is 27.5 Å². The number of nitrogens with zero attached hydrogens (tertiary/aromatic N) is 4. The molecular weight excluding hydrogens is 499 g/mol. The molecule has 5 rings (SSSR count). The summed E-state index contributed by atoms with van der Waals surface area (Å²) in [5, 5.41) is 2.67. The number of morpholine rings is 1. The molecule has 2 amide bonds. The molecule has 2 aromatic heterocycles. The molecule has 38 heavy (non-hydrogen) atoms. The number of pyridine rings is 2. The maximum atomic E-state index is 13.2. The Morgan fingerprint density at radius 2 is 2.00 bits per heavy atom. The highest BCUT2D eigenvalue weighted by atomic mass is 19.4. The van der Waals surface area contributed by atoms with E-state index in [0.29, 0.717) is 44.2 Å². The van der Waals surface area contributed by atoms with E-state index in [4.69, 9.17) is 4.74 Å². The van der Waals surface area contributed by atoms with Gasteiger partial charge in [0.25, 0.3) is 11.8 Å². The number of alkyl halides is 3. The van der Waals surface area contributed by atoms with Crippen LogP contribution in [0.5, 0.6) is 0 Å². The molecule has 0 saturated carbocycles. The fraction of sp³-hybridized carbons (Fsp3) is 0.333. The van der Waals surface area contributed by atoms with Crippen LogP contribution in [0, 0.1) is 6.92 Å². The number of carbonyl (C=O) groups excluding carboxylic acids is 2. The Morgan fingerprint density at radius 1 is 1.18 bits per heavy atom. The van der Waals surface area contributed by atoms with Crippen molar-refractivity contribution in [3.05, 3.63) is 71.3 Å². The van der Waals surface area contributed by atoms with Crippen molar-refractivity contribution in [3.63, 3.8) is 0 Å². The topological polar surface area (TPSA) is 87.7 Å². The van der Waals surface area contributed by atoms with Crippen LogP contribution in [0.4, 0.5) is 24.5 Å². The maximum Gasteiger partial charge on any atom is 0.433 e. The van der Waals surface area contributed by atoms with Crippen LogP contribution >= 0.6 is 0 Å². The Kier molecular flexibility index (Phi) is 6.78. The number of amides is 2. The quantitative estimate of drug-likeness (QED) is 0.543. The summed E-state index contributed by atoms with van der Waals surface area (Å²) in [6.45, 7) is 6.65. The van der Waals surface area contributed by atoms with Gasteiger partial charge in [-0.15, -0.1) is 0 Å². The van der Waals surface area contributed by atoms with E-state index in [1.165, 1.54) is 6.07 Å². The normalized spacial score (nSPS) is 17.5. The molecule has 198 valence electrons. The predicted molar refractivity (Wildman–Crippen MR) is 135 cm³/mol. The number of halogens is 3. The first-order chi connectivity index (χ1) is 18.2. The van der Waals surface area contributed by atoms with E-state index < -0.39 is 17.8 Å². The lowest BCUT2D eigenvalue weighted by atomic mass is 9.99. The highest BCUT2D eigenvalue weighted by Crippen LogP contribution is 2.34. The zero-order chi connectivity index (χ0) is 27.0. The molecule has 0 spiro atoms. The van der Waals surface area contributed by atoms with Gasteiger partial charge in [-0.05, 0) is 55.3 Å². The van der Waals surface area contributed by atoms with Crippen molar-refractivity contribution in [2.24, 2.45) is 0 Å². The lowest BCUT2D eigenvalue weighted by Gasteiger charge is -2.37. The predicted octanol–water partition coefficient (Wildman–Crippen LogP) is 4.40. The number of aryl methyl sites for hydroxylation is 1. The van der Waals surface area contributed by atoms with E-state index in [1.807, 2.05) is 26.0 Å². The van der Waals surface area contributed by atoms with Crippen molar-refractivity contribution in [1.82, 2.24) is 14.9 Å². The third-order valence-electron chi connectivity index (χ3n) is 6.83. The van der Waals surface area contributed by atoms with Gasteiger partial charge in [0.1, 0.15) is 5.69 Å². The van der Waals surface area contributed by atoms with Gasteiger partial charge in [-0.2, -0.15) is 13.2 Å². The Labute approximate surface area is 217 Å². The number of ether oxygens (including phenoxy) is 1. The molecule has 1 fully saturated rings. The van der Waals surface area contributed by atoms with Crippen molar-refractivity contribution >= 4 is 23.2 Å². The molecular formula is C27H26F3N5O3. The smallest absolute Gasteiger partial charge is 0.377 e. The van der Waals surface area contributed by atoms with Crippen LogP contribution in [0.15, 0.2) is 48.8 Å². The molecule has 0 aliphatic carbocycles. The third kappa shape index (κ3) is 4.93. The monoisotopic (exact) mass is 525 g/mol. The van der Waals surface area contributed by atoms with Gasteiger partial charge in [0, 0.05) is 48.8 Å². The molecule has 3 aromatic rings. The Hall–Kier alpha value is -3.99. The van der Waals surface area contributed by atoms with Gasteiger partial charge in [0.15, 0.2) is 5.69 Å². The van der Waals surface area contributed by atoms with E-state index in [0.717, 1.165) is 34.6 Å². The molecule has 2 aliphatic rings. The molecule has 4 heterocycles. The molecule has 0 bridgehead atoms. The van der Waals surface area contributed by atoms with E-state index >= 15 is 0 Å². The van der Waals surface area contributed by atoms with Crippen LogP contribution in [0.2, 0.25) is 0 Å². The van der Waals surface area contributed by atoms with Gasteiger partial charge < -0.3 is 19.9 Å². The minimum atomic E-state index is -4.65. The molecule has 0 radical (unpaired) electrons. The van der Waals surface area contributed by atoms with Crippen molar-refractivity contribution in [1.29, 1.82) is 0 Å². The SMILES string of the molecule is CCN1CC2COCCN2c2cc(-c3cc(NC(=O)c4ccnc(C(F)(F)F)c4)ccc3C)cnc2C1=O. The van der Waals surface area contributed by atoms with Crippen LogP contribution < -0.4 is 10.2 Å². The molecule has 11 heteroatoms. The minimum absolute atomic E-state index is 0.0135. The minimum Gasteiger partial charge on any atom is -0.377 e. The summed E-state index contributed by atoms with van der Waals surface area (Å²) in [7, 11) is 0. The molecule has 1 saturated heterocycles. The number of hydrogen-bond donors (Lipinski definition) is 1. The second-order valence-corrected chi connectivity index (χ2v) is 9.27. The highest BCUT2D eigenvalue weighted by Gasteiger charge is 2.35. The summed E-state index contributed by atoms with van der Waals surface area (Å²) in [4.78, 5) is 37.7. The Morgan fingerprint density at radius 3 is 2.76 bits per heavy atom.